The monoisotopic (exact) mass is 503 g/mol. The van der Waals surface area contributed by atoms with Crippen LogP contribution in [0.25, 0.3) is 0 Å². The van der Waals surface area contributed by atoms with Gasteiger partial charge in [0.2, 0.25) is 0 Å². The number of hydrogen-bond donors (Lipinski definition) is 3. The molecule has 0 radical (unpaired) electrons. The highest BCUT2D eigenvalue weighted by atomic mass is 32.2. The predicted molar refractivity (Wildman–Crippen MR) is 121 cm³/mol. The molecule has 2 aliphatic rings. The van der Waals surface area contributed by atoms with E-state index < -0.39 is 20.2 Å². The van der Waals surface area contributed by atoms with Crippen LogP contribution in [0.4, 0.5) is 11.4 Å². The van der Waals surface area contributed by atoms with E-state index in [1.54, 1.807) is 12.1 Å². The predicted octanol–water partition coefficient (Wildman–Crippen LogP) is 2.90. The highest BCUT2D eigenvalue weighted by Crippen LogP contribution is 2.47. The van der Waals surface area contributed by atoms with E-state index in [1.807, 2.05) is 13.8 Å². The molecule has 9 nitrogen and oxygen atoms in total. The van der Waals surface area contributed by atoms with Gasteiger partial charge < -0.3 is 9.80 Å². The zero-order valence-electron chi connectivity index (χ0n) is 16.6. The van der Waals surface area contributed by atoms with Gasteiger partial charge in [-0.05, 0) is 50.2 Å². The van der Waals surface area contributed by atoms with Crippen molar-refractivity contribution in [3.8, 4) is 0 Å². The lowest BCUT2D eigenvalue weighted by atomic mass is 10.3. The SMILES string of the molecule is CCN1c2ccc(S(=O)(=O)O)cc2SC1NC1Sc2cc(S(=O)(=O)O)ccc2N1CC. The first-order chi connectivity index (χ1) is 14.5. The van der Waals surface area contributed by atoms with Crippen molar-refractivity contribution in [1.29, 1.82) is 0 Å². The third-order valence-corrected chi connectivity index (χ3v) is 9.18. The summed E-state index contributed by atoms with van der Waals surface area (Å²) < 4.78 is 64.7. The Kier molecular flexibility index (Phi) is 5.96. The largest absolute Gasteiger partial charge is 0.346 e. The van der Waals surface area contributed by atoms with Crippen molar-refractivity contribution in [2.45, 2.75) is 44.4 Å². The normalized spacial score (nSPS) is 20.8. The maximum Gasteiger partial charge on any atom is 0.294 e. The molecule has 31 heavy (non-hydrogen) atoms. The van der Waals surface area contributed by atoms with E-state index in [-0.39, 0.29) is 20.8 Å². The highest BCUT2D eigenvalue weighted by molar-refractivity contribution is 8.01. The second kappa shape index (κ2) is 8.14. The summed E-state index contributed by atoms with van der Waals surface area (Å²) >= 11 is 2.90. The Morgan fingerprint density at radius 1 is 0.806 bits per heavy atom. The van der Waals surface area contributed by atoms with Gasteiger partial charge in [0.15, 0.2) is 0 Å². The molecular weight excluding hydrogens is 482 g/mol. The molecule has 3 N–H and O–H groups in total. The zero-order chi connectivity index (χ0) is 22.6. The topological polar surface area (TPSA) is 127 Å². The number of benzene rings is 2. The second-order valence-electron chi connectivity index (χ2n) is 6.89. The van der Waals surface area contributed by atoms with Gasteiger partial charge in [0, 0.05) is 22.9 Å². The number of hydrogen-bond acceptors (Lipinski definition) is 9. The summed E-state index contributed by atoms with van der Waals surface area (Å²) in [5, 5.41) is 3.54. The minimum Gasteiger partial charge on any atom is -0.346 e. The summed E-state index contributed by atoms with van der Waals surface area (Å²) in [5.41, 5.74) is 1.35. The van der Waals surface area contributed by atoms with Gasteiger partial charge in [-0.15, -0.1) is 0 Å². The molecule has 0 saturated carbocycles. The molecular formula is C18H21N3O6S4. The molecule has 0 bridgehead atoms. The van der Waals surface area contributed by atoms with Crippen LogP contribution in [-0.2, 0) is 20.2 Å². The number of fused-ring (bicyclic) bond motifs is 2. The van der Waals surface area contributed by atoms with Crippen molar-refractivity contribution in [2.75, 3.05) is 22.9 Å². The lowest BCUT2D eigenvalue weighted by Crippen LogP contribution is -2.50. The zero-order valence-corrected chi connectivity index (χ0v) is 19.9. The molecule has 4 rings (SSSR count). The average Bonchev–Trinajstić information content (AvgIpc) is 3.21. The highest BCUT2D eigenvalue weighted by Gasteiger charge is 2.36. The molecule has 168 valence electrons. The molecule has 2 unspecified atom stereocenters. The summed E-state index contributed by atoms with van der Waals surface area (Å²) in [7, 11) is -8.58. The molecule has 2 heterocycles. The van der Waals surface area contributed by atoms with Crippen LogP contribution in [0.2, 0.25) is 0 Å². The molecule has 0 spiro atoms. The molecule has 0 saturated heterocycles. The minimum atomic E-state index is -4.29. The van der Waals surface area contributed by atoms with Crippen molar-refractivity contribution in [3.63, 3.8) is 0 Å². The lowest BCUT2D eigenvalue weighted by molar-refractivity contribution is 0.480. The molecule has 0 fully saturated rings. The number of rotatable bonds is 6. The number of nitrogens with one attached hydrogen (secondary N) is 1. The Morgan fingerprint density at radius 2 is 1.19 bits per heavy atom. The Morgan fingerprint density at radius 3 is 1.52 bits per heavy atom. The second-order valence-corrected chi connectivity index (χ2v) is 12.0. The fraction of sp³-hybridized carbons (Fsp3) is 0.333. The van der Waals surface area contributed by atoms with Gasteiger partial charge >= 0.3 is 0 Å². The Balaban J connectivity index is 1.59. The summed E-state index contributed by atoms with van der Waals surface area (Å²) in [6.45, 7) is 5.33. The quantitative estimate of drug-likeness (QED) is 0.504. The molecule has 2 aromatic rings. The Labute approximate surface area is 189 Å². The van der Waals surface area contributed by atoms with E-state index in [0.717, 1.165) is 21.2 Å². The van der Waals surface area contributed by atoms with Crippen LogP contribution < -0.4 is 15.1 Å². The first-order valence-electron chi connectivity index (χ1n) is 9.38. The number of nitrogens with zero attached hydrogens (tertiary/aromatic N) is 2. The van der Waals surface area contributed by atoms with Crippen LogP contribution in [0.1, 0.15) is 13.8 Å². The van der Waals surface area contributed by atoms with Crippen LogP contribution in [0, 0.1) is 0 Å². The summed E-state index contributed by atoms with van der Waals surface area (Å²) in [6.07, 6.45) is 0. The first kappa shape index (κ1) is 22.7. The fourth-order valence-corrected chi connectivity index (χ4v) is 7.54. The van der Waals surface area contributed by atoms with Crippen molar-refractivity contribution in [3.05, 3.63) is 36.4 Å². The van der Waals surface area contributed by atoms with Crippen LogP contribution in [0.3, 0.4) is 0 Å². The summed E-state index contributed by atoms with van der Waals surface area (Å²) in [6, 6.07) is 9.06. The Hall–Kier alpha value is -1.48. The molecule has 2 atom stereocenters. The van der Waals surface area contributed by atoms with E-state index >= 15 is 0 Å². The van der Waals surface area contributed by atoms with E-state index in [9.17, 15) is 25.9 Å². The molecule has 0 amide bonds. The van der Waals surface area contributed by atoms with Gasteiger partial charge in [-0.25, -0.2) is 0 Å². The van der Waals surface area contributed by atoms with Gasteiger partial charge in [-0.2, -0.15) is 16.8 Å². The average molecular weight is 504 g/mol. The van der Waals surface area contributed by atoms with Crippen molar-refractivity contribution in [1.82, 2.24) is 5.32 Å². The van der Waals surface area contributed by atoms with Crippen LogP contribution in [0.15, 0.2) is 56.0 Å². The smallest absolute Gasteiger partial charge is 0.294 e. The lowest BCUT2D eigenvalue weighted by Gasteiger charge is -2.32. The van der Waals surface area contributed by atoms with Crippen molar-refractivity contribution >= 4 is 55.1 Å². The number of thioether (sulfide) groups is 2. The molecule has 2 aliphatic heterocycles. The minimum absolute atomic E-state index is 0.147. The third-order valence-electron chi connectivity index (χ3n) is 5.09. The van der Waals surface area contributed by atoms with Gasteiger partial charge in [-0.1, -0.05) is 23.5 Å². The van der Waals surface area contributed by atoms with Crippen LogP contribution in [0.5, 0.6) is 0 Å². The maximum atomic E-state index is 11.5. The third kappa shape index (κ3) is 4.27. The van der Waals surface area contributed by atoms with E-state index in [4.69, 9.17) is 0 Å². The fourth-order valence-electron chi connectivity index (χ4n) is 3.64. The van der Waals surface area contributed by atoms with Crippen molar-refractivity contribution < 1.29 is 25.9 Å². The van der Waals surface area contributed by atoms with E-state index in [0.29, 0.717) is 13.1 Å². The van der Waals surface area contributed by atoms with Gasteiger partial charge in [0.1, 0.15) is 11.0 Å². The molecule has 0 aliphatic carbocycles. The Bertz CT molecular complexity index is 1140. The van der Waals surface area contributed by atoms with Gasteiger partial charge in [-0.3, -0.25) is 14.4 Å². The molecule has 13 heteroatoms. The van der Waals surface area contributed by atoms with Gasteiger partial charge in [0.05, 0.1) is 21.2 Å². The summed E-state index contributed by atoms with van der Waals surface area (Å²) in [4.78, 5) is 5.37. The number of anilines is 2. The van der Waals surface area contributed by atoms with Crippen LogP contribution >= 0.6 is 23.5 Å². The standard InChI is InChI=1S/C18H21N3O6S4/c1-3-20-13-7-5-11(30(22,23)24)9-15(13)28-17(20)19-18-21(4-2)14-8-6-12(31(25,26)27)10-16(14)29-18/h5-10,17-19H,3-4H2,1-2H3,(H,22,23,24)(H,25,26,27). The molecule has 0 aromatic heterocycles. The maximum absolute atomic E-state index is 11.5. The van der Waals surface area contributed by atoms with Crippen LogP contribution in [-0.4, -0.2) is 50.0 Å². The molecule has 2 aromatic carbocycles. The van der Waals surface area contributed by atoms with E-state index in [1.165, 1.54) is 47.8 Å². The first-order valence-corrected chi connectivity index (χ1v) is 14.0. The summed E-state index contributed by atoms with van der Waals surface area (Å²) in [5.74, 6) is 0. The van der Waals surface area contributed by atoms with Crippen molar-refractivity contribution in [2.24, 2.45) is 0 Å². The van der Waals surface area contributed by atoms with E-state index in [2.05, 4.69) is 15.1 Å². The van der Waals surface area contributed by atoms with Gasteiger partial charge in [0.25, 0.3) is 20.2 Å².